The minimum absolute atomic E-state index is 0.0412. The van der Waals surface area contributed by atoms with Gasteiger partial charge in [-0.2, -0.15) is 0 Å². The predicted octanol–water partition coefficient (Wildman–Crippen LogP) is 4.69. The molecular weight excluding hydrogens is 366 g/mol. The van der Waals surface area contributed by atoms with Crippen molar-refractivity contribution in [3.8, 4) is 5.75 Å². The molecule has 0 atom stereocenters. The number of hydrogen-bond acceptors (Lipinski definition) is 5. The van der Waals surface area contributed by atoms with Crippen LogP contribution in [0.25, 0.3) is 0 Å². The molecule has 5 heteroatoms. The molecule has 29 heavy (non-hydrogen) atoms. The summed E-state index contributed by atoms with van der Waals surface area (Å²) in [7, 11) is 0. The molecule has 5 nitrogen and oxygen atoms in total. The molecule has 0 unspecified atom stereocenters. The zero-order valence-electron chi connectivity index (χ0n) is 15.7. The van der Waals surface area contributed by atoms with Crippen LogP contribution < -0.4 is 10.1 Å². The van der Waals surface area contributed by atoms with E-state index in [1.807, 2.05) is 30.3 Å². The van der Waals surface area contributed by atoms with E-state index in [-0.39, 0.29) is 39.6 Å². The lowest BCUT2D eigenvalue weighted by Gasteiger charge is -2.23. The lowest BCUT2D eigenvalue weighted by molar-refractivity contribution is -0.130. The van der Waals surface area contributed by atoms with Crippen molar-refractivity contribution in [3.63, 3.8) is 0 Å². The fraction of sp³-hybridized carbons (Fsp3) is 0.0417. The maximum absolute atomic E-state index is 13.3. The minimum Gasteiger partial charge on any atom is -0.422 e. The van der Waals surface area contributed by atoms with Gasteiger partial charge in [-0.25, -0.2) is 4.79 Å². The van der Waals surface area contributed by atoms with Gasteiger partial charge in [0, 0.05) is 22.4 Å². The van der Waals surface area contributed by atoms with Crippen LogP contribution in [0.2, 0.25) is 0 Å². The van der Waals surface area contributed by atoms with Gasteiger partial charge in [0.2, 0.25) is 0 Å². The number of benzene rings is 3. The van der Waals surface area contributed by atoms with Crippen molar-refractivity contribution in [2.45, 2.75) is 6.92 Å². The van der Waals surface area contributed by atoms with E-state index in [2.05, 4.69) is 11.9 Å². The Bertz CT molecular complexity index is 1180. The summed E-state index contributed by atoms with van der Waals surface area (Å²) in [5.74, 6) is -1.28. The third kappa shape index (κ3) is 3.23. The molecule has 1 N–H and O–H groups in total. The highest BCUT2D eigenvalue weighted by Crippen LogP contribution is 2.38. The summed E-state index contributed by atoms with van der Waals surface area (Å²) in [5, 5.41) is 3.19. The molecule has 0 spiro atoms. The Hall–Kier alpha value is -3.99. The van der Waals surface area contributed by atoms with Crippen LogP contribution >= 0.6 is 0 Å². The van der Waals surface area contributed by atoms with Crippen molar-refractivity contribution >= 4 is 28.9 Å². The molecule has 0 aliphatic heterocycles. The second kappa shape index (κ2) is 7.20. The molecule has 142 valence electrons. The normalized spacial score (nSPS) is 12.0. The van der Waals surface area contributed by atoms with Crippen molar-refractivity contribution in [1.29, 1.82) is 0 Å². The first-order chi connectivity index (χ1) is 14.0. The van der Waals surface area contributed by atoms with Crippen LogP contribution in [0.4, 0.5) is 11.4 Å². The van der Waals surface area contributed by atoms with Crippen molar-refractivity contribution < 1.29 is 19.1 Å². The number of rotatable bonds is 4. The third-order valence-electron chi connectivity index (χ3n) is 4.64. The number of anilines is 2. The number of ether oxygens (including phenoxy) is 1. The zero-order valence-corrected chi connectivity index (χ0v) is 15.7. The van der Waals surface area contributed by atoms with Crippen molar-refractivity contribution in [3.05, 3.63) is 101 Å². The summed E-state index contributed by atoms with van der Waals surface area (Å²) < 4.78 is 5.37. The van der Waals surface area contributed by atoms with Crippen LogP contribution in [0.15, 0.2) is 78.9 Å². The highest BCUT2D eigenvalue weighted by atomic mass is 16.5. The minimum atomic E-state index is -0.657. The summed E-state index contributed by atoms with van der Waals surface area (Å²) in [6.45, 7) is 5.08. The highest BCUT2D eigenvalue weighted by molar-refractivity contribution is 6.31. The van der Waals surface area contributed by atoms with E-state index in [1.54, 1.807) is 30.3 Å². The molecule has 1 aliphatic carbocycles. The van der Waals surface area contributed by atoms with Gasteiger partial charge in [-0.15, -0.1) is 0 Å². The number of nitrogens with one attached hydrogen (secondary N) is 1. The first-order valence-corrected chi connectivity index (χ1v) is 9.02. The smallest absolute Gasteiger partial charge is 0.338 e. The van der Waals surface area contributed by atoms with Gasteiger partial charge in [-0.05, 0) is 31.2 Å². The monoisotopic (exact) mass is 383 g/mol. The topological polar surface area (TPSA) is 72.5 Å². The molecule has 3 aromatic rings. The Morgan fingerprint density at radius 2 is 1.41 bits per heavy atom. The number of carbonyl (C=O) groups is 3. The lowest BCUT2D eigenvalue weighted by Crippen LogP contribution is -2.24. The van der Waals surface area contributed by atoms with Gasteiger partial charge in [0.15, 0.2) is 11.6 Å². The van der Waals surface area contributed by atoms with Crippen LogP contribution in [-0.4, -0.2) is 17.5 Å². The molecule has 0 saturated carbocycles. The summed E-state index contributed by atoms with van der Waals surface area (Å²) in [6, 6.07) is 19.1. The second-order valence-corrected chi connectivity index (χ2v) is 6.73. The number of ketones is 2. The van der Waals surface area contributed by atoms with Crippen molar-refractivity contribution in [2.24, 2.45) is 0 Å². The molecule has 0 heterocycles. The quantitative estimate of drug-likeness (QED) is 0.314. The number of esters is 1. The van der Waals surface area contributed by atoms with Crippen LogP contribution in [0.5, 0.6) is 5.75 Å². The summed E-state index contributed by atoms with van der Waals surface area (Å²) in [5.41, 5.74) is 2.29. The number of fused-ring (bicyclic) bond motifs is 2. The molecular formula is C24H17NO4. The van der Waals surface area contributed by atoms with E-state index in [9.17, 15) is 14.4 Å². The van der Waals surface area contributed by atoms with E-state index in [0.717, 1.165) is 5.69 Å². The molecule has 4 rings (SSSR count). The van der Waals surface area contributed by atoms with E-state index in [1.165, 1.54) is 13.0 Å². The molecule has 0 aromatic heterocycles. The first kappa shape index (κ1) is 18.4. The van der Waals surface area contributed by atoms with Gasteiger partial charge >= 0.3 is 5.97 Å². The molecule has 0 radical (unpaired) electrons. The summed E-state index contributed by atoms with van der Waals surface area (Å²) in [6.07, 6.45) is 0. The van der Waals surface area contributed by atoms with Gasteiger partial charge < -0.3 is 10.1 Å². The maximum atomic E-state index is 13.3. The molecule has 0 saturated heterocycles. The summed E-state index contributed by atoms with van der Waals surface area (Å²) in [4.78, 5) is 38.6. The van der Waals surface area contributed by atoms with Gasteiger partial charge in [-0.3, -0.25) is 9.59 Å². The number of carbonyl (C=O) groups excluding carboxylic acids is 3. The maximum Gasteiger partial charge on any atom is 0.338 e. The van der Waals surface area contributed by atoms with E-state index >= 15 is 0 Å². The van der Waals surface area contributed by atoms with Gasteiger partial charge in [-0.1, -0.05) is 49.0 Å². The fourth-order valence-electron chi connectivity index (χ4n) is 3.25. The van der Waals surface area contributed by atoms with Crippen LogP contribution in [0.3, 0.4) is 0 Å². The van der Waals surface area contributed by atoms with E-state index in [0.29, 0.717) is 11.3 Å². The summed E-state index contributed by atoms with van der Waals surface area (Å²) >= 11 is 0. The van der Waals surface area contributed by atoms with Crippen LogP contribution in [0.1, 0.15) is 38.8 Å². The van der Waals surface area contributed by atoms with Gasteiger partial charge in [0.1, 0.15) is 5.75 Å². The SMILES string of the molecule is C=C(C)C(=O)Oc1ccc(Nc2ccccc2)c2c1C(=O)c1ccccc1C2=O. The molecule has 3 aromatic carbocycles. The lowest BCUT2D eigenvalue weighted by atomic mass is 9.82. The van der Waals surface area contributed by atoms with E-state index in [4.69, 9.17) is 4.74 Å². The molecule has 0 bridgehead atoms. The largest absolute Gasteiger partial charge is 0.422 e. The molecule has 1 aliphatic rings. The standard InChI is InChI=1S/C24H17NO4/c1-14(2)24(28)29-19-13-12-18(25-15-8-4-3-5-9-15)20-21(19)23(27)17-11-7-6-10-16(17)22(20)26/h3-13,25H,1H2,2H3. The predicted molar refractivity (Wildman–Crippen MR) is 110 cm³/mol. The van der Waals surface area contributed by atoms with Crippen molar-refractivity contribution in [1.82, 2.24) is 0 Å². The zero-order chi connectivity index (χ0) is 20.5. The van der Waals surface area contributed by atoms with Crippen molar-refractivity contribution in [2.75, 3.05) is 5.32 Å². The third-order valence-corrected chi connectivity index (χ3v) is 4.64. The average Bonchev–Trinajstić information content (AvgIpc) is 2.73. The average molecular weight is 383 g/mol. The van der Waals surface area contributed by atoms with Gasteiger partial charge in [0.25, 0.3) is 0 Å². The number of hydrogen-bond donors (Lipinski definition) is 1. The Balaban J connectivity index is 1.91. The molecule has 0 fully saturated rings. The highest BCUT2D eigenvalue weighted by Gasteiger charge is 2.35. The number of para-hydroxylation sites is 1. The van der Waals surface area contributed by atoms with Gasteiger partial charge in [0.05, 0.1) is 16.8 Å². The Morgan fingerprint density at radius 1 is 0.828 bits per heavy atom. The Morgan fingerprint density at radius 3 is 2.03 bits per heavy atom. The van der Waals surface area contributed by atoms with Crippen LogP contribution in [0, 0.1) is 0 Å². The Labute approximate surface area is 167 Å². The first-order valence-electron chi connectivity index (χ1n) is 9.02. The van der Waals surface area contributed by atoms with E-state index < -0.39 is 5.97 Å². The molecule has 0 amide bonds. The Kier molecular flexibility index (Phi) is 4.56. The van der Waals surface area contributed by atoms with Crippen LogP contribution in [-0.2, 0) is 4.79 Å². The fourth-order valence-corrected chi connectivity index (χ4v) is 3.25. The second-order valence-electron chi connectivity index (χ2n) is 6.73.